The molecule has 1 amide bonds. The molecule has 2 aromatic heterocycles. The van der Waals surface area contributed by atoms with E-state index in [1.165, 1.54) is 0 Å². The zero-order chi connectivity index (χ0) is 16.2. The molecule has 2 aromatic rings. The smallest absolute Gasteiger partial charge is 0.229 e. The lowest BCUT2D eigenvalue weighted by molar-refractivity contribution is -0.121. The molecule has 0 aliphatic carbocycles. The van der Waals surface area contributed by atoms with Crippen LogP contribution in [0, 0.1) is 19.8 Å². The Morgan fingerprint density at radius 2 is 2.30 bits per heavy atom. The van der Waals surface area contributed by atoms with Crippen LogP contribution in [0.5, 0.6) is 0 Å². The molecule has 1 fully saturated rings. The summed E-state index contributed by atoms with van der Waals surface area (Å²) in [5.74, 6) is 1.33. The van der Waals surface area contributed by atoms with Crippen molar-refractivity contribution in [1.29, 1.82) is 0 Å². The van der Waals surface area contributed by atoms with Crippen molar-refractivity contribution in [3.8, 4) is 0 Å². The molecule has 1 unspecified atom stereocenters. The van der Waals surface area contributed by atoms with Crippen molar-refractivity contribution >= 4 is 11.7 Å². The van der Waals surface area contributed by atoms with Crippen LogP contribution < -0.4 is 5.32 Å². The molecule has 1 N–H and O–H groups in total. The first-order chi connectivity index (χ1) is 11.1. The van der Waals surface area contributed by atoms with Crippen molar-refractivity contribution in [2.45, 2.75) is 33.2 Å². The maximum Gasteiger partial charge on any atom is 0.229 e. The van der Waals surface area contributed by atoms with Gasteiger partial charge in [0.2, 0.25) is 5.91 Å². The van der Waals surface area contributed by atoms with Crippen molar-refractivity contribution in [1.82, 2.24) is 20.0 Å². The molecule has 7 nitrogen and oxygen atoms in total. The summed E-state index contributed by atoms with van der Waals surface area (Å²) in [6.45, 7) is 6.37. The van der Waals surface area contributed by atoms with Gasteiger partial charge in [0, 0.05) is 31.0 Å². The lowest BCUT2D eigenvalue weighted by atomic mass is 9.96. The van der Waals surface area contributed by atoms with Crippen molar-refractivity contribution in [2.75, 3.05) is 18.4 Å². The molecule has 0 spiro atoms. The second-order valence-electron chi connectivity index (χ2n) is 5.96. The number of rotatable bonds is 4. The minimum Gasteiger partial charge on any atom is -0.361 e. The zero-order valence-electron chi connectivity index (χ0n) is 13.5. The first-order valence-electron chi connectivity index (χ1n) is 7.84. The fourth-order valence-corrected chi connectivity index (χ4v) is 2.96. The summed E-state index contributed by atoms with van der Waals surface area (Å²) in [5.41, 5.74) is 2.05. The van der Waals surface area contributed by atoms with Gasteiger partial charge < -0.3 is 9.84 Å². The molecule has 1 atom stereocenters. The fourth-order valence-electron chi connectivity index (χ4n) is 2.96. The van der Waals surface area contributed by atoms with Gasteiger partial charge in [-0.25, -0.2) is 4.98 Å². The van der Waals surface area contributed by atoms with E-state index in [1.54, 1.807) is 18.6 Å². The molecular formula is C16H21N5O2. The molecule has 3 heterocycles. The first kappa shape index (κ1) is 15.6. The number of nitrogens with zero attached hydrogens (tertiary/aromatic N) is 4. The van der Waals surface area contributed by atoms with Gasteiger partial charge in [0.1, 0.15) is 5.76 Å². The SMILES string of the molecule is Cc1noc(C)c1CN1CCCC(C(=O)Nc2cnccn2)C1. The Kier molecular flexibility index (Phi) is 4.66. The van der Waals surface area contributed by atoms with Crippen LogP contribution in [0.2, 0.25) is 0 Å². The van der Waals surface area contributed by atoms with Crippen molar-refractivity contribution < 1.29 is 9.32 Å². The number of hydrogen-bond acceptors (Lipinski definition) is 6. The van der Waals surface area contributed by atoms with E-state index in [4.69, 9.17) is 4.52 Å². The molecule has 0 bridgehead atoms. The van der Waals surface area contributed by atoms with E-state index in [9.17, 15) is 4.79 Å². The second kappa shape index (κ2) is 6.87. The number of anilines is 1. The van der Waals surface area contributed by atoms with Gasteiger partial charge in [-0.3, -0.25) is 14.7 Å². The van der Waals surface area contributed by atoms with Crippen LogP contribution in [0.25, 0.3) is 0 Å². The molecule has 23 heavy (non-hydrogen) atoms. The van der Waals surface area contributed by atoms with E-state index in [-0.39, 0.29) is 11.8 Å². The van der Waals surface area contributed by atoms with Crippen LogP contribution in [0.3, 0.4) is 0 Å². The van der Waals surface area contributed by atoms with Crippen molar-refractivity contribution in [2.24, 2.45) is 5.92 Å². The monoisotopic (exact) mass is 315 g/mol. The topological polar surface area (TPSA) is 84.2 Å². The van der Waals surface area contributed by atoms with Gasteiger partial charge in [-0.15, -0.1) is 0 Å². The largest absolute Gasteiger partial charge is 0.361 e. The molecule has 0 aromatic carbocycles. The quantitative estimate of drug-likeness (QED) is 0.928. The summed E-state index contributed by atoms with van der Waals surface area (Å²) in [4.78, 5) is 22.8. The lowest BCUT2D eigenvalue weighted by Crippen LogP contribution is -2.40. The zero-order valence-corrected chi connectivity index (χ0v) is 13.5. The Hall–Kier alpha value is -2.28. The number of aromatic nitrogens is 3. The lowest BCUT2D eigenvalue weighted by Gasteiger charge is -2.31. The van der Waals surface area contributed by atoms with Crippen LogP contribution in [0.1, 0.15) is 29.9 Å². The Bertz CT molecular complexity index is 651. The molecule has 7 heteroatoms. The summed E-state index contributed by atoms with van der Waals surface area (Å²) in [6.07, 6.45) is 6.61. The van der Waals surface area contributed by atoms with E-state index in [0.717, 1.165) is 49.5 Å². The fraction of sp³-hybridized carbons (Fsp3) is 0.500. The van der Waals surface area contributed by atoms with Crippen molar-refractivity contribution in [3.63, 3.8) is 0 Å². The third-order valence-corrected chi connectivity index (χ3v) is 4.25. The van der Waals surface area contributed by atoms with Gasteiger partial charge in [0.25, 0.3) is 0 Å². The highest BCUT2D eigenvalue weighted by Crippen LogP contribution is 2.22. The standard InChI is InChI=1S/C16H21N5O2/c1-11-14(12(2)23-20-11)10-21-7-3-4-13(9-21)16(22)19-15-8-17-5-6-18-15/h5-6,8,13H,3-4,7,9-10H2,1-2H3,(H,18,19,22). The number of aryl methyl sites for hydroxylation is 2. The predicted octanol–water partition coefficient (Wildman–Crippen LogP) is 1.93. The normalized spacial score (nSPS) is 18.8. The highest BCUT2D eigenvalue weighted by Gasteiger charge is 2.27. The highest BCUT2D eigenvalue weighted by atomic mass is 16.5. The van der Waals surface area contributed by atoms with E-state index < -0.39 is 0 Å². The molecule has 1 aliphatic rings. The molecule has 122 valence electrons. The molecule has 0 saturated carbocycles. The maximum absolute atomic E-state index is 12.4. The number of carbonyl (C=O) groups excluding carboxylic acids is 1. The summed E-state index contributed by atoms with van der Waals surface area (Å²) in [5, 5.41) is 6.84. The van der Waals surface area contributed by atoms with Crippen LogP contribution in [0.15, 0.2) is 23.1 Å². The predicted molar refractivity (Wildman–Crippen MR) is 84.6 cm³/mol. The van der Waals surface area contributed by atoms with Gasteiger partial charge in [-0.2, -0.15) is 0 Å². The number of nitrogens with one attached hydrogen (secondary N) is 1. The molecule has 1 saturated heterocycles. The Morgan fingerprint density at radius 1 is 1.43 bits per heavy atom. The molecular weight excluding hydrogens is 294 g/mol. The van der Waals surface area contributed by atoms with Gasteiger partial charge in [-0.1, -0.05) is 5.16 Å². The van der Waals surface area contributed by atoms with Crippen LogP contribution in [-0.4, -0.2) is 39.0 Å². The second-order valence-corrected chi connectivity index (χ2v) is 5.96. The van der Waals surface area contributed by atoms with Gasteiger partial charge in [-0.05, 0) is 33.2 Å². The van der Waals surface area contributed by atoms with E-state index in [1.807, 2.05) is 13.8 Å². The Balaban J connectivity index is 1.61. The number of piperidine rings is 1. The van der Waals surface area contributed by atoms with E-state index in [2.05, 4.69) is 25.3 Å². The van der Waals surface area contributed by atoms with Crippen molar-refractivity contribution in [3.05, 3.63) is 35.6 Å². The van der Waals surface area contributed by atoms with Crippen LogP contribution in [0.4, 0.5) is 5.82 Å². The average Bonchev–Trinajstić information content (AvgIpc) is 2.88. The van der Waals surface area contributed by atoms with Gasteiger partial charge in [0.05, 0.1) is 17.8 Å². The number of amides is 1. The number of likely N-dealkylation sites (tertiary alicyclic amines) is 1. The summed E-state index contributed by atoms with van der Waals surface area (Å²) in [7, 11) is 0. The van der Waals surface area contributed by atoms with Gasteiger partial charge in [0.15, 0.2) is 5.82 Å². The number of hydrogen-bond donors (Lipinski definition) is 1. The number of carbonyl (C=O) groups is 1. The first-order valence-corrected chi connectivity index (χ1v) is 7.84. The molecule has 1 aliphatic heterocycles. The van der Waals surface area contributed by atoms with E-state index in [0.29, 0.717) is 5.82 Å². The third-order valence-electron chi connectivity index (χ3n) is 4.25. The molecule has 0 radical (unpaired) electrons. The third kappa shape index (κ3) is 3.73. The van der Waals surface area contributed by atoms with Crippen LogP contribution >= 0.6 is 0 Å². The van der Waals surface area contributed by atoms with Crippen LogP contribution in [-0.2, 0) is 11.3 Å². The Morgan fingerprint density at radius 3 is 3.00 bits per heavy atom. The summed E-state index contributed by atoms with van der Waals surface area (Å²) < 4.78 is 5.22. The summed E-state index contributed by atoms with van der Waals surface area (Å²) in [6, 6.07) is 0. The minimum absolute atomic E-state index is 0.00830. The average molecular weight is 315 g/mol. The highest BCUT2D eigenvalue weighted by molar-refractivity contribution is 5.91. The van der Waals surface area contributed by atoms with Gasteiger partial charge >= 0.3 is 0 Å². The van der Waals surface area contributed by atoms with E-state index >= 15 is 0 Å². The Labute approximate surface area is 135 Å². The molecule has 3 rings (SSSR count). The maximum atomic E-state index is 12.4. The minimum atomic E-state index is -0.0359. The summed E-state index contributed by atoms with van der Waals surface area (Å²) >= 11 is 0.